The number of carbonyl (C=O) groups is 2. The number of halogens is 2. The van der Waals surface area contributed by atoms with Crippen LogP contribution in [0.25, 0.3) is 0 Å². The maximum Gasteiger partial charge on any atom is 0.227 e. The minimum absolute atomic E-state index is 0. The first-order chi connectivity index (χ1) is 10.9. The molecule has 2 amide bonds. The van der Waals surface area contributed by atoms with E-state index in [-0.39, 0.29) is 42.1 Å². The van der Waals surface area contributed by atoms with E-state index < -0.39 is 0 Å². The van der Waals surface area contributed by atoms with Crippen LogP contribution in [0, 0.1) is 5.92 Å². The van der Waals surface area contributed by atoms with Crippen molar-refractivity contribution in [3.63, 3.8) is 0 Å². The van der Waals surface area contributed by atoms with Crippen LogP contribution >= 0.6 is 28.3 Å². The molecule has 1 unspecified atom stereocenters. The van der Waals surface area contributed by atoms with Crippen LogP contribution in [0.15, 0.2) is 28.7 Å². The molecule has 1 saturated heterocycles. The lowest BCUT2D eigenvalue weighted by molar-refractivity contribution is -0.128. The highest BCUT2D eigenvalue weighted by atomic mass is 79.9. The van der Waals surface area contributed by atoms with Gasteiger partial charge in [-0.1, -0.05) is 35.8 Å². The van der Waals surface area contributed by atoms with Gasteiger partial charge in [0.2, 0.25) is 11.8 Å². The number of benzene rings is 1. The van der Waals surface area contributed by atoms with Gasteiger partial charge in [-0.15, -0.1) is 12.4 Å². The summed E-state index contributed by atoms with van der Waals surface area (Å²) in [5.41, 5.74) is 6.28. The molecule has 1 heterocycles. The SMILES string of the molecule is CCC(CC)(CN)NC(=O)C1CC(=O)N(c2cccc(Br)c2)C1.Cl. The summed E-state index contributed by atoms with van der Waals surface area (Å²) in [5, 5.41) is 3.07. The Bertz CT molecular complexity index is 585. The molecule has 1 fully saturated rings. The number of carbonyl (C=O) groups excluding carboxylic acids is 2. The van der Waals surface area contributed by atoms with Crippen LogP contribution in [-0.2, 0) is 9.59 Å². The summed E-state index contributed by atoms with van der Waals surface area (Å²) in [6, 6.07) is 7.56. The van der Waals surface area contributed by atoms with Crippen molar-refractivity contribution in [1.29, 1.82) is 0 Å². The molecule has 24 heavy (non-hydrogen) atoms. The average molecular weight is 419 g/mol. The molecule has 0 saturated carbocycles. The quantitative estimate of drug-likeness (QED) is 0.746. The van der Waals surface area contributed by atoms with Gasteiger partial charge in [0.1, 0.15) is 0 Å². The van der Waals surface area contributed by atoms with Crippen molar-refractivity contribution >= 4 is 45.8 Å². The molecule has 1 atom stereocenters. The van der Waals surface area contributed by atoms with E-state index in [0.29, 0.717) is 13.1 Å². The highest BCUT2D eigenvalue weighted by Crippen LogP contribution is 2.28. The fraction of sp³-hybridized carbons (Fsp3) is 0.529. The number of amides is 2. The minimum Gasteiger partial charge on any atom is -0.349 e. The Morgan fingerprint density at radius 3 is 2.62 bits per heavy atom. The smallest absolute Gasteiger partial charge is 0.227 e. The average Bonchev–Trinajstić information content (AvgIpc) is 2.95. The largest absolute Gasteiger partial charge is 0.349 e. The van der Waals surface area contributed by atoms with Crippen molar-refractivity contribution in [2.75, 3.05) is 18.0 Å². The predicted molar refractivity (Wildman–Crippen MR) is 102 cm³/mol. The summed E-state index contributed by atoms with van der Waals surface area (Å²) in [7, 11) is 0. The molecule has 1 aromatic carbocycles. The number of rotatable bonds is 6. The molecule has 0 spiro atoms. The van der Waals surface area contributed by atoms with E-state index in [1.54, 1.807) is 4.90 Å². The molecule has 7 heteroatoms. The zero-order chi connectivity index (χ0) is 17.0. The van der Waals surface area contributed by atoms with E-state index in [0.717, 1.165) is 23.0 Å². The molecule has 0 aliphatic carbocycles. The second-order valence-corrected chi connectivity index (χ2v) is 6.98. The van der Waals surface area contributed by atoms with Crippen LogP contribution in [0.3, 0.4) is 0 Å². The third kappa shape index (κ3) is 4.49. The molecule has 1 aliphatic heterocycles. The van der Waals surface area contributed by atoms with E-state index in [1.165, 1.54) is 0 Å². The highest BCUT2D eigenvalue weighted by molar-refractivity contribution is 9.10. The van der Waals surface area contributed by atoms with Crippen LogP contribution in [0.5, 0.6) is 0 Å². The lowest BCUT2D eigenvalue weighted by Crippen LogP contribution is -2.54. The second kappa shape index (κ2) is 8.83. The predicted octanol–water partition coefficient (Wildman–Crippen LogP) is 2.86. The summed E-state index contributed by atoms with van der Waals surface area (Å²) in [6.07, 6.45) is 1.80. The number of nitrogens with one attached hydrogen (secondary N) is 1. The van der Waals surface area contributed by atoms with Gasteiger partial charge in [-0.2, -0.15) is 0 Å². The van der Waals surface area contributed by atoms with Gasteiger partial charge >= 0.3 is 0 Å². The first kappa shape index (κ1) is 20.9. The first-order valence-electron chi connectivity index (χ1n) is 8.02. The lowest BCUT2D eigenvalue weighted by Gasteiger charge is -2.32. The number of anilines is 1. The third-order valence-corrected chi connectivity index (χ3v) is 5.24. The summed E-state index contributed by atoms with van der Waals surface area (Å²) >= 11 is 3.41. The monoisotopic (exact) mass is 417 g/mol. The zero-order valence-electron chi connectivity index (χ0n) is 14.0. The van der Waals surface area contributed by atoms with Crippen molar-refractivity contribution in [2.45, 2.75) is 38.6 Å². The molecule has 1 aliphatic rings. The van der Waals surface area contributed by atoms with Gasteiger partial charge in [-0.3, -0.25) is 9.59 Å². The Hall–Kier alpha value is -1.11. The fourth-order valence-electron chi connectivity index (χ4n) is 2.91. The van der Waals surface area contributed by atoms with Gasteiger partial charge in [-0.05, 0) is 31.0 Å². The molecular weight excluding hydrogens is 394 g/mol. The highest BCUT2D eigenvalue weighted by Gasteiger charge is 2.37. The minimum atomic E-state index is -0.372. The van der Waals surface area contributed by atoms with E-state index in [2.05, 4.69) is 21.2 Å². The Morgan fingerprint density at radius 2 is 2.08 bits per heavy atom. The lowest BCUT2D eigenvalue weighted by atomic mass is 9.91. The van der Waals surface area contributed by atoms with E-state index in [9.17, 15) is 9.59 Å². The van der Waals surface area contributed by atoms with E-state index in [4.69, 9.17) is 5.73 Å². The topological polar surface area (TPSA) is 75.4 Å². The third-order valence-electron chi connectivity index (χ3n) is 4.75. The summed E-state index contributed by atoms with van der Waals surface area (Å²) < 4.78 is 0.912. The van der Waals surface area contributed by atoms with Crippen molar-refractivity contribution in [3.8, 4) is 0 Å². The van der Waals surface area contributed by atoms with E-state index >= 15 is 0 Å². The van der Waals surface area contributed by atoms with Gasteiger partial charge in [0.05, 0.1) is 11.5 Å². The van der Waals surface area contributed by atoms with Crippen LogP contribution in [-0.4, -0.2) is 30.4 Å². The molecule has 3 N–H and O–H groups in total. The Labute approximate surface area is 157 Å². The second-order valence-electron chi connectivity index (χ2n) is 6.07. The molecule has 134 valence electrons. The van der Waals surface area contributed by atoms with Crippen LogP contribution in [0.4, 0.5) is 5.69 Å². The maximum absolute atomic E-state index is 12.6. The molecule has 2 rings (SSSR count). The Kier molecular flexibility index (Phi) is 7.70. The summed E-state index contributed by atoms with van der Waals surface area (Å²) in [4.78, 5) is 26.5. The van der Waals surface area contributed by atoms with Gasteiger partial charge < -0.3 is 16.0 Å². The molecule has 0 radical (unpaired) electrons. The van der Waals surface area contributed by atoms with E-state index in [1.807, 2.05) is 38.1 Å². The molecule has 0 bridgehead atoms. The molecule has 0 aromatic heterocycles. The maximum atomic E-state index is 12.6. The van der Waals surface area contributed by atoms with Crippen LogP contribution < -0.4 is 16.0 Å². The normalized spacial score (nSPS) is 17.6. The summed E-state index contributed by atoms with van der Waals surface area (Å²) in [6.45, 7) is 4.85. The van der Waals surface area contributed by atoms with Gasteiger partial charge in [0.25, 0.3) is 0 Å². The number of nitrogens with zero attached hydrogens (tertiary/aromatic N) is 1. The first-order valence-corrected chi connectivity index (χ1v) is 8.82. The van der Waals surface area contributed by atoms with Crippen LogP contribution in [0.2, 0.25) is 0 Å². The standard InChI is InChI=1S/C17H24BrN3O2.ClH/c1-3-17(4-2,11-19)20-16(23)12-8-15(22)21(10-12)14-7-5-6-13(18)9-14;/h5-7,9,12H,3-4,8,10-11,19H2,1-2H3,(H,20,23);1H. The van der Waals surface area contributed by atoms with Gasteiger partial charge in [-0.25, -0.2) is 0 Å². The molecule has 1 aromatic rings. The number of hydrogen-bond acceptors (Lipinski definition) is 3. The van der Waals surface area contributed by atoms with Crippen molar-refractivity contribution in [1.82, 2.24) is 5.32 Å². The molecule has 5 nitrogen and oxygen atoms in total. The summed E-state index contributed by atoms with van der Waals surface area (Å²) in [5.74, 6) is -0.426. The molecular formula is C17H25BrClN3O2. The zero-order valence-corrected chi connectivity index (χ0v) is 16.5. The fourth-order valence-corrected chi connectivity index (χ4v) is 3.29. The van der Waals surface area contributed by atoms with Crippen LogP contribution in [0.1, 0.15) is 33.1 Å². The van der Waals surface area contributed by atoms with Crippen molar-refractivity contribution in [2.24, 2.45) is 11.7 Å². The van der Waals surface area contributed by atoms with Gasteiger partial charge in [0.15, 0.2) is 0 Å². The van der Waals surface area contributed by atoms with Gasteiger partial charge in [0, 0.05) is 29.7 Å². The number of hydrogen-bond donors (Lipinski definition) is 2. The Morgan fingerprint density at radius 1 is 1.42 bits per heavy atom. The van der Waals surface area contributed by atoms with Crippen molar-refractivity contribution < 1.29 is 9.59 Å². The number of nitrogens with two attached hydrogens (primary N) is 1. The Balaban J connectivity index is 0.00000288. The van der Waals surface area contributed by atoms with Crippen molar-refractivity contribution in [3.05, 3.63) is 28.7 Å².